The van der Waals surface area contributed by atoms with Crippen LogP contribution in [0, 0.1) is 26.2 Å². The Balaban J connectivity index is 2.07. The van der Waals surface area contributed by atoms with Gasteiger partial charge in [-0.1, -0.05) is 6.92 Å². The Morgan fingerprint density at radius 1 is 1.21 bits per heavy atom. The molecule has 1 aliphatic carbocycles. The molecule has 2 heteroatoms. The molecule has 104 valence electrons. The molecule has 4 rings (SSSR count). The molecule has 0 spiro atoms. The fraction of sp³-hybridized carbons (Fsp3) is 0.706. The maximum absolute atomic E-state index is 4.71. The number of fused-ring (bicyclic) bond motifs is 3. The van der Waals surface area contributed by atoms with E-state index in [0.717, 1.165) is 11.7 Å². The predicted molar refractivity (Wildman–Crippen MR) is 80.8 cm³/mol. The lowest BCUT2D eigenvalue weighted by molar-refractivity contribution is 0.0964. The van der Waals surface area contributed by atoms with Crippen LogP contribution in [-0.4, -0.2) is 17.1 Å². The molecule has 2 nitrogen and oxygen atoms in total. The smallest absolute Gasteiger partial charge is 0.0617 e. The van der Waals surface area contributed by atoms with Crippen molar-refractivity contribution in [2.24, 2.45) is 5.41 Å². The molecule has 0 N–H and O–H groups in total. The second kappa shape index (κ2) is 4.22. The summed E-state index contributed by atoms with van der Waals surface area (Å²) < 4.78 is 0. The van der Waals surface area contributed by atoms with E-state index in [9.17, 15) is 0 Å². The first-order valence-corrected chi connectivity index (χ1v) is 7.65. The molecule has 3 aliphatic rings. The van der Waals surface area contributed by atoms with Crippen LogP contribution < -0.4 is 4.90 Å². The van der Waals surface area contributed by atoms with Gasteiger partial charge < -0.3 is 4.90 Å². The molecule has 2 saturated heterocycles. The van der Waals surface area contributed by atoms with Gasteiger partial charge in [-0.15, -0.1) is 0 Å². The fourth-order valence-corrected chi connectivity index (χ4v) is 4.39. The summed E-state index contributed by atoms with van der Waals surface area (Å²) in [6.07, 6.45) is 5.50. The minimum atomic E-state index is 0.499. The van der Waals surface area contributed by atoms with Gasteiger partial charge in [-0.05, 0) is 70.4 Å². The number of nitrogens with zero attached hydrogens (tertiary/aromatic N) is 2. The largest absolute Gasteiger partial charge is 0.364 e. The third kappa shape index (κ3) is 1.87. The van der Waals surface area contributed by atoms with Gasteiger partial charge >= 0.3 is 0 Å². The van der Waals surface area contributed by atoms with Gasteiger partial charge in [0.25, 0.3) is 0 Å². The van der Waals surface area contributed by atoms with Crippen molar-refractivity contribution in [3.63, 3.8) is 0 Å². The summed E-state index contributed by atoms with van der Waals surface area (Å²) >= 11 is 0. The molecule has 0 amide bonds. The van der Waals surface area contributed by atoms with E-state index in [-0.39, 0.29) is 0 Å². The van der Waals surface area contributed by atoms with E-state index in [4.69, 9.17) is 4.98 Å². The van der Waals surface area contributed by atoms with Gasteiger partial charge in [0.2, 0.25) is 0 Å². The Morgan fingerprint density at radius 2 is 1.84 bits per heavy atom. The van der Waals surface area contributed by atoms with Crippen LogP contribution in [0.15, 0.2) is 6.07 Å². The molecule has 19 heavy (non-hydrogen) atoms. The standard InChI is InChI=1S/C17H26N2/c1-11-10-12(2)18-13(3)16(11)19-14(4)17(5)8-6-15(19)7-9-17/h10,14-15H,6-9H2,1-5H3. The Bertz CT molecular complexity index is 475. The maximum Gasteiger partial charge on any atom is 0.0617 e. The van der Waals surface area contributed by atoms with Crippen LogP contribution in [0.25, 0.3) is 0 Å². The average molecular weight is 258 g/mol. The summed E-state index contributed by atoms with van der Waals surface area (Å²) in [7, 11) is 0. The van der Waals surface area contributed by atoms with Crippen LogP contribution in [0.4, 0.5) is 5.69 Å². The quantitative estimate of drug-likeness (QED) is 0.751. The first kappa shape index (κ1) is 13.0. The van der Waals surface area contributed by atoms with Crippen LogP contribution in [0.5, 0.6) is 0 Å². The van der Waals surface area contributed by atoms with Crippen LogP contribution in [0.1, 0.15) is 56.5 Å². The molecular weight excluding hydrogens is 232 g/mol. The molecule has 1 aromatic rings. The van der Waals surface area contributed by atoms with Crippen molar-refractivity contribution in [1.29, 1.82) is 0 Å². The van der Waals surface area contributed by atoms with E-state index in [1.165, 1.54) is 42.6 Å². The van der Waals surface area contributed by atoms with Gasteiger partial charge in [-0.2, -0.15) is 0 Å². The molecule has 2 aliphatic heterocycles. The van der Waals surface area contributed by atoms with Crippen LogP contribution in [0.2, 0.25) is 0 Å². The van der Waals surface area contributed by atoms with Crippen molar-refractivity contribution in [3.8, 4) is 0 Å². The molecule has 1 saturated carbocycles. The van der Waals surface area contributed by atoms with Gasteiger partial charge in [0.1, 0.15) is 0 Å². The number of aryl methyl sites for hydroxylation is 3. The topological polar surface area (TPSA) is 16.1 Å². The molecule has 1 unspecified atom stereocenters. The zero-order valence-electron chi connectivity index (χ0n) is 13.0. The normalized spacial score (nSPS) is 33.8. The SMILES string of the molecule is Cc1cc(C)c(N2C3CCC(C)(CC3)C2C)c(C)n1. The van der Waals surface area contributed by atoms with Gasteiger partial charge in [0.05, 0.1) is 11.4 Å². The number of pyridine rings is 1. The average Bonchev–Trinajstić information content (AvgIpc) is 2.33. The van der Waals surface area contributed by atoms with Crippen molar-refractivity contribution in [2.45, 2.75) is 72.4 Å². The number of piperidine rings is 2. The second-order valence-electron chi connectivity index (χ2n) is 6.98. The minimum absolute atomic E-state index is 0.499. The second-order valence-corrected chi connectivity index (χ2v) is 6.98. The monoisotopic (exact) mass is 258 g/mol. The van der Waals surface area contributed by atoms with Crippen molar-refractivity contribution in [3.05, 3.63) is 23.0 Å². The van der Waals surface area contributed by atoms with E-state index >= 15 is 0 Å². The van der Waals surface area contributed by atoms with Crippen LogP contribution in [0.3, 0.4) is 0 Å². The molecule has 1 aromatic heterocycles. The van der Waals surface area contributed by atoms with Crippen molar-refractivity contribution in [2.75, 3.05) is 4.90 Å². The van der Waals surface area contributed by atoms with E-state index in [1.807, 2.05) is 0 Å². The Kier molecular flexibility index (Phi) is 2.88. The Hall–Kier alpha value is -1.05. The van der Waals surface area contributed by atoms with Gasteiger partial charge in [-0.25, -0.2) is 0 Å². The van der Waals surface area contributed by atoms with Crippen LogP contribution in [-0.2, 0) is 0 Å². The molecule has 3 fully saturated rings. The zero-order valence-corrected chi connectivity index (χ0v) is 13.0. The predicted octanol–water partition coefficient (Wildman–Crippen LogP) is 4.16. The van der Waals surface area contributed by atoms with Crippen molar-refractivity contribution in [1.82, 2.24) is 4.98 Å². The summed E-state index contributed by atoms with van der Waals surface area (Å²) in [4.78, 5) is 7.41. The Morgan fingerprint density at radius 3 is 2.42 bits per heavy atom. The lowest BCUT2D eigenvalue weighted by Gasteiger charge is -2.58. The highest BCUT2D eigenvalue weighted by Gasteiger charge is 2.47. The maximum atomic E-state index is 4.71. The van der Waals surface area contributed by atoms with E-state index in [1.54, 1.807) is 0 Å². The van der Waals surface area contributed by atoms with E-state index in [2.05, 4.69) is 45.6 Å². The minimum Gasteiger partial charge on any atom is -0.364 e. The molecule has 2 bridgehead atoms. The van der Waals surface area contributed by atoms with E-state index < -0.39 is 0 Å². The van der Waals surface area contributed by atoms with Crippen molar-refractivity contribution < 1.29 is 0 Å². The zero-order chi connectivity index (χ0) is 13.8. The van der Waals surface area contributed by atoms with Crippen molar-refractivity contribution >= 4 is 5.69 Å². The van der Waals surface area contributed by atoms with Gasteiger partial charge in [0, 0.05) is 17.8 Å². The van der Waals surface area contributed by atoms with Gasteiger partial charge in [-0.3, -0.25) is 4.98 Å². The third-order valence-electron chi connectivity index (χ3n) is 5.66. The summed E-state index contributed by atoms with van der Waals surface area (Å²) in [6, 6.07) is 3.61. The lowest BCUT2D eigenvalue weighted by Crippen LogP contribution is -2.59. The highest BCUT2D eigenvalue weighted by molar-refractivity contribution is 5.59. The highest BCUT2D eigenvalue weighted by Crippen LogP contribution is 2.50. The summed E-state index contributed by atoms with van der Waals surface area (Å²) in [5.41, 5.74) is 5.65. The van der Waals surface area contributed by atoms with Crippen LogP contribution >= 0.6 is 0 Å². The molecule has 0 aromatic carbocycles. The molecular formula is C17H26N2. The number of aromatic nitrogens is 1. The van der Waals surface area contributed by atoms with Gasteiger partial charge in [0.15, 0.2) is 0 Å². The molecule has 0 radical (unpaired) electrons. The summed E-state index contributed by atoms with van der Waals surface area (Å²) in [5, 5.41) is 0. The summed E-state index contributed by atoms with van der Waals surface area (Å²) in [6.45, 7) is 11.4. The van der Waals surface area contributed by atoms with E-state index in [0.29, 0.717) is 11.5 Å². The lowest BCUT2D eigenvalue weighted by atomic mass is 9.64. The fourth-order valence-electron chi connectivity index (χ4n) is 4.39. The Labute approximate surface area is 117 Å². The third-order valence-corrected chi connectivity index (χ3v) is 5.66. The summed E-state index contributed by atoms with van der Waals surface area (Å²) in [5.74, 6) is 0. The number of hydrogen-bond donors (Lipinski definition) is 0. The number of hydrogen-bond acceptors (Lipinski definition) is 2. The molecule has 3 heterocycles. The number of anilines is 1. The first-order chi connectivity index (χ1) is 8.92. The highest BCUT2D eigenvalue weighted by atomic mass is 15.2. The molecule has 1 atom stereocenters. The first-order valence-electron chi connectivity index (χ1n) is 7.65. The number of rotatable bonds is 1.